The Morgan fingerprint density at radius 2 is 1.94 bits per heavy atom. The lowest BCUT2D eigenvalue weighted by Gasteiger charge is -2.34. The molecule has 180 valence electrons. The smallest absolute Gasteiger partial charge is 0.250 e. The number of fused-ring (bicyclic) bond motifs is 1. The molecule has 9 nitrogen and oxygen atoms in total. The molecule has 2 aromatic carbocycles. The topological polar surface area (TPSA) is 102 Å². The van der Waals surface area contributed by atoms with Crippen LogP contribution in [0.25, 0.3) is 16.7 Å². The van der Waals surface area contributed by atoms with Crippen LogP contribution in [0, 0.1) is 5.82 Å². The van der Waals surface area contributed by atoms with Gasteiger partial charge in [0, 0.05) is 49.1 Å². The van der Waals surface area contributed by atoms with Crippen molar-refractivity contribution < 1.29 is 13.9 Å². The van der Waals surface area contributed by atoms with Crippen LogP contribution < -0.4 is 20.7 Å². The van der Waals surface area contributed by atoms with E-state index in [4.69, 9.17) is 10.5 Å². The van der Waals surface area contributed by atoms with Crippen LogP contribution in [-0.4, -0.2) is 65.7 Å². The molecule has 2 aromatic heterocycles. The number of hydrogen-bond acceptors (Lipinski definition) is 7. The summed E-state index contributed by atoms with van der Waals surface area (Å²) in [5.41, 5.74) is 8.28. The Balaban J connectivity index is 1.48. The number of benzene rings is 2. The van der Waals surface area contributed by atoms with Crippen molar-refractivity contribution in [3.63, 3.8) is 0 Å². The van der Waals surface area contributed by atoms with Gasteiger partial charge in [-0.05, 0) is 43.4 Å². The maximum absolute atomic E-state index is 14.9. The van der Waals surface area contributed by atoms with E-state index in [1.807, 2.05) is 18.2 Å². The van der Waals surface area contributed by atoms with Crippen molar-refractivity contribution in [2.75, 3.05) is 50.6 Å². The lowest BCUT2D eigenvalue weighted by Crippen LogP contribution is -2.44. The third-order valence-electron chi connectivity index (χ3n) is 6.20. The number of aromatic nitrogens is 3. The number of methoxy groups -OCH3 is 1. The second-order valence-electron chi connectivity index (χ2n) is 8.49. The molecule has 3 heterocycles. The van der Waals surface area contributed by atoms with Crippen molar-refractivity contribution in [3.05, 3.63) is 66.2 Å². The van der Waals surface area contributed by atoms with E-state index < -0.39 is 11.7 Å². The van der Waals surface area contributed by atoms with Gasteiger partial charge in [-0.1, -0.05) is 6.07 Å². The molecule has 0 aliphatic carbocycles. The zero-order valence-electron chi connectivity index (χ0n) is 19.5. The van der Waals surface area contributed by atoms with Crippen molar-refractivity contribution in [1.29, 1.82) is 0 Å². The van der Waals surface area contributed by atoms with Crippen molar-refractivity contribution in [2.24, 2.45) is 5.73 Å². The first-order valence-electron chi connectivity index (χ1n) is 11.3. The summed E-state index contributed by atoms with van der Waals surface area (Å²) in [6.45, 7) is 3.91. The molecule has 1 amide bonds. The van der Waals surface area contributed by atoms with Gasteiger partial charge in [0.1, 0.15) is 5.75 Å². The number of carbonyl (C=O) groups excluding carboxylic acids is 1. The molecule has 35 heavy (non-hydrogen) atoms. The van der Waals surface area contributed by atoms with E-state index in [0.29, 0.717) is 16.7 Å². The summed E-state index contributed by atoms with van der Waals surface area (Å²) in [4.78, 5) is 25.2. The van der Waals surface area contributed by atoms with E-state index >= 15 is 0 Å². The number of amides is 1. The molecule has 3 N–H and O–H groups in total. The van der Waals surface area contributed by atoms with Crippen molar-refractivity contribution in [3.8, 4) is 11.6 Å². The standard InChI is InChI=1S/C25H26FN7O2/c1-31-8-10-32(11-9-31)17-5-3-4-16(12-17)29-25-28-14-21(26)24(30-25)33-15-20(23(27)34)19-13-18(35-2)6-7-22(19)33/h3-7,12-15H,8-11H2,1-2H3,(H2,27,34)(H,28,29,30). The summed E-state index contributed by atoms with van der Waals surface area (Å²) in [6, 6.07) is 13.1. The first-order chi connectivity index (χ1) is 16.9. The predicted molar refractivity (Wildman–Crippen MR) is 133 cm³/mol. The molecule has 0 radical (unpaired) electrons. The first-order valence-corrected chi connectivity index (χ1v) is 11.3. The highest BCUT2D eigenvalue weighted by molar-refractivity contribution is 6.07. The fraction of sp³-hybridized carbons (Fsp3) is 0.240. The molecule has 0 spiro atoms. The van der Waals surface area contributed by atoms with Crippen LogP contribution in [0.3, 0.4) is 0 Å². The van der Waals surface area contributed by atoms with Crippen LogP contribution in [0.1, 0.15) is 10.4 Å². The minimum Gasteiger partial charge on any atom is -0.497 e. The normalized spacial score (nSPS) is 14.3. The van der Waals surface area contributed by atoms with E-state index in [2.05, 4.69) is 38.2 Å². The van der Waals surface area contributed by atoms with Crippen molar-refractivity contribution >= 4 is 34.1 Å². The molecule has 1 aliphatic heterocycles. The number of primary amides is 1. The van der Waals surface area contributed by atoms with Crippen LogP contribution in [0.5, 0.6) is 5.75 Å². The van der Waals surface area contributed by atoms with Gasteiger partial charge in [0.25, 0.3) is 5.91 Å². The maximum atomic E-state index is 14.9. The number of rotatable bonds is 6. The third-order valence-corrected chi connectivity index (χ3v) is 6.20. The molecule has 1 aliphatic rings. The monoisotopic (exact) mass is 475 g/mol. The number of hydrogen-bond donors (Lipinski definition) is 2. The number of nitrogens with zero attached hydrogens (tertiary/aromatic N) is 5. The average molecular weight is 476 g/mol. The number of likely N-dealkylation sites (N-methyl/N-ethyl adjacent to an activating group) is 1. The Labute approximate surface area is 201 Å². The van der Waals surface area contributed by atoms with Crippen LogP contribution in [-0.2, 0) is 0 Å². The third kappa shape index (κ3) is 4.47. The first kappa shape index (κ1) is 22.6. The number of piperazine rings is 1. The van der Waals surface area contributed by atoms with Gasteiger partial charge >= 0.3 is 0 Å². The minimum atomic E-state index is -0.634. The van der Waals surface area contributed by atoms with Crippen LogP contribution in [0.2, 0.25) is 0 Å². The summed E-state index contributed by atoms with van der Waals surface area (Å²) >= 11 is 0. The average Bonchev–Trinajstić information content (AvgIpc) is 3.25. The van der Waals surface area contributed by atoms with Gasteiger partial charge in [-0.3, -0.25) is 9.36 Å². The molecule has 1 saturated heterocycles. The molecular weight excluding hydrogens is 449 g/mol. The van der Waals surface area contributed by atoms with E-state index in [9.17, 15) is 9.18 Å². The lowest BCUT2D eigenvalue weighted by molar-refractivity contribution is 0.100. The molecule has 0 saturated carbocycles. The highest BCUT2D eigenvalue weighted by atomic mass is 19.1. The van der Waals surface area contributed by atoms with Gasteiger partial charge < -0.3 is 25.6 Å². The van der Waals surface area contributed by atoms with Gasteiger partial charge in [0.15, 0.2) is 11.6 Å². The Kier molecular flexibility index (Phi) is 5.96. The summed E-state index contributed by atoms with van der Waals surface area (Å²) in [5, 5.41) is 3.72. The zero-order chi connectivity index (χ0) is 24.5. The van der Waals surface area contributed by atoms with Gasteiger partial charge in [-0.2, -0.15) is 4.98 Å². The second kappa shape index (κ2) is 9.22. The number of carbonyl (C=O) groups is 1. The van der Waals surface area contributed by atoms with Gasteiger partial charge in [-0.15, -0.1) is 0 Å². The summed E-state index contributed by atoms with van der Waals surface area (Å²) < 4.78 is 21.7. The highest BCUT2D eigenvalue weighted by Gasteiger charge is 2.19. The number of ether oxygens (including phenoxy) is 1. The Hall–Kier alpha value is -4.18. The number of anilines is 3. The van der Waals surface area contributed by atoms with E-state index in [1.54, 1.807) is 18.2 Å². The quantitative estimate of drug-likeness (QED) is 0.442. The van der Waals surface area contributed by atoms with Gasteiger partial charge in [-0.25, -0.2) is 9.37 Å². The number of nitrogens with one attached hydrogen (secondary N) is 1. The maximum Gasteiger partial charge on any atom is 0.250 e. The SMILES string of the molecule is COc1ccc2c(c1)c(C(N)=O)cn2-c1nc(Nc2cccc(N3CCN(C)CC3)c2)ncc1F. The molecule has 4 aromatic rings. The second-order valence-corrected chi connectivity index (χ2v) is 8.49. The van der Waals surface area contributed by atoms with Crippen LogP contribution >= 0.6 is 0 Å². The Morgan fingerprint density at radius 1 is 1.14 bits per heavy atom. The fourth-order valence-electron chi connectivity index (χ4n) is 4.27. The van der Waals surface area contributed by atoms with Crippen LogP contribution in [0.15, 0.2) is 54.9 Å². The molecule has 0 unspecified atom stereocenters. The Bertz CT molecular complexity index is 1400. The molecular formula is C25H26FN7O2. The van der Waals surface area contributed by atoms with E-state index in [1.165, 1.54) is 17.9 Å². The van der Waals surface area contributed by atoms with E-state index in [0.717, 1.165) is 43.8 Å². The molecule has 0 bridgehead atoms. The van der Waals surface area contributed by atoms with Crippen molar-refractivity contribution in [2.45, 2.75) is 0 Å². The molecule has 10 heteroatoms. The van der Waals surface area contributed by atoms with Gasteiger partial charge in [0.05, 0.1) is 24.4 Å². The van der Waals surface area contributed by atoms with Crippen molar-refractivity contribution in [1.82, 2.24) is 19.4 Å². The molecule has 1 fully saturated rings. The number of nitrogens with two attached hydrogens (primary N) is 1. The largest absolute Gasteiger partial charge is 0.497 e. The van der Waals surface area contributed by atoms with Crippen LogP contribution in [0.4, 0.5) is 21.7 Å². The summed E-state index contributed by atoms with van der Waals surface area (Å²) in [7, 11) is 3.65. The number of halogens is 1. The van der Waals surface area contributed by atoms with E-state index in [-0.39, 0.29) is 17.3 Å². The zero-order valence-corrected chi connectivity index (χ0v) is 19.5. The Morgan fingerprint density at radius 3 is 2.69 bits per heavy atom. The predicted octanol–water partition coefficient (Wildman–Crippen LogP) is 3.16. The minimum absolute atomic E-state index is 0.000360. The molecule has 0 atom stereocenters. The summed E-state index contributed by atoms with van der Waals surface area (Å²) in [5.74, 6) is -0.474. The van der Waals surface area contributed by atoms with Gasteiger partial charge in [0.2, 0.25) is 5.95 Å². The summed E-state index contributed by atoms with van der Waals surface area (Å²) in [6.07, 6.45) is 2.59. The highest BCUT2D eigenvalue weighted by Crippen LogP contribution is 2.29. The molecule has 5 rings (SSSR count). The lowest BCUT2D eigenvalue weighted by atomic mass is 10.1. The fourth-order valence-corrected chi connectivity index (χ4v) is 4.27.